The summed E-state index contributed by atoms with van der Waals surface area (Å²) in [6.45, 7) is 1.41. The molecule has 1 atom stereocenters. The molecule has 0 aromatic heterocycles. The molecular weight excluding hydrogens is 298 g/mol. The van der Waals surface area contributed by atoms with E-state index in [9.17, 15) is 14.7 Å². The number of phenolic OH excluding ortho intramolecular Hbond substituents is 1. The maximum atomic E-state index is 12.2. The maximum absolute atomic E-state index is 12.2. The van der Waals surface area contributed by atoms with Crippen LogP contribution in [0.4, 0.5) is 0 Å². The van der Waals surface area contributed by atoms with Crippen LogP contribution in [0.3, 0.4) is 0 Å². The second kappa shape index (κ2) is 5.64. The minimum absolute atomic E-state index is 0.134. The number of amides is 1. The fourth-order valence-electron chi connectivity index (χ4n) is 1.65. The average Bonchev–Trinajstić information content (AvgIpc) is 2.66. The zero-order valence-electron chi connectivity index (χ0n) is 10.4. The van der Waals surface area contributed by atoms with Crippen molar-refractivity contribution < 1.29 is 19.8 Å². The lowest BCUT2D eigenvalue weighted by molar-refractivity contribution is -0.144. The van der Waals surface area contributed by atoms with Gasteiger partial charge in [-0.3, -0.25) is 9.69 Å². The molecule has 1 amide bonds. The van der Waals surface area contributed by atoms with Crippen molar-refractivity contribution in [1.82, 2.24) is 4.90 Å². The zero-order valence-corrected chi connectivity index (χ0v) is 12.1. The lowest BCUT2D eigenvalue weighted by Gasteiger charge is -2.18. The molecule has 0 bridgehead atoms. The smallest absolute Gasteiger partial charge is 0.326 e. The van der Waals surface area contributed by atoms with Gasteiger partial charge in [-0.25, -0.2) is 4.79 Å². The van der Waals surface area contributed by atoms with E-state index in [4.69, 9.17) is 17.3 Å². The van der Waals surface area contributed by atoms with Gasteiger partial charge in [-0.15, -0.1) is 0 Å². The number of hydrogen-bond acceptors (Lipinski definition) is 5. The molecule has 1 aliphatic heterocycles. The largest absolute Gasteiger partial charge is 0.508 e. The van der Waals surface area contributed by atoms with E-state index in [-0.39, 0.29) is 10.1 Å². The van der Waals surface area contributed by atoms with Gasteiger partial charge in [0, 0.05) is 0 Å². The van der Waals surface area contributed by atoms with Crippen LogP contribution >= 0.6 is 24.0 Å². The highest BCUT2D eigenvalue weighted by Gasteiger charge is 2.38. The Bertz CT molecular complexity index is 609. The topological polar surface area (TPSA) is 77.8 Å². The number of carbonyl (C=O) groups is 2. The van der Waals surface area contributed by atoms with Crippen LogP contribution in [0.5, 0.6) is 5.75 Å². The second-order valence-electron chi connectivity index (χ2n) is 4.16. The van der Waals surface area contributed by atoms with Gasteiger partial charge in [0.2, 0.25) is 0 Å². The zero-order chi connectivity index (χ0) is 14.9. The van der Waals surface area contributed by atoms with Crippen LogP contribution in [0, 0.1) is 0 Å². The van der Waals surface area contributed by atoms with Gasteiger partial charge >= 0.3 is 5.97 Å². The van der Waals surface area contributed by atoms with Crippen LogP contribution in [0.25, 0.3) is 6.08 Å². The number of benzene rings is 1. The van der Waals surface area contributed by atoms with Crippen molar-refractivity contribution in [2.75, 3.05) is 0 Å². The molecule has 7 heteroatoms. The quantitative estimate of drug-likeness (QED) is 0.657. The second-order valence-corrected chi connectivity index (χ2v) is 5.83. The molecule has 0 aliphatic carbocycles. The molecule has 0 saturated carbocycles. The van der Waals surface area contributed by atoms with Crippen molar-refractivity contribution >= 4 is 46.3 Å². The summed E-state index contributed by atoms with van der Waals surface area (Å²) >= 11 is 6.12. The first-order valence-electron chi connectivity index (χ1n) is 5.69. The first-order valence-corrected chi connectivity index (χ1v) is 6.91. The van der Waals surface area contributed by atoms with Gasteiger partial charge in [-0.1, -0.05) is 36.1 Å². The SMILES string of the molecule is C[C@@H](C(=O)O)N1C(=O)/C(=C\c2ccc(O)cc2)SC1=S. The number of thiocarbonyl (C=S) groups is 1. The summed E-state index contributed by atoms with van der Waals surface area (Å²) in [5, 5.41) is 18.2. The monoisotopic (exact) mass is 309 g/mol. The Hall–Kier alpha value is -1.86. The molecule has 0 radical (unpaired) electrons. The normalized spacial score (nSPS) is 18.6. The Kier molecular flexibility index (Phi) is 4.10. The number of carboxylic acid groups (broad SMARTS) is 1. The summed E-state index contributed by atoms with van der Waals surface area (Å²) in [6, 6.07) is 5.33. The van der Waals surface area contributed by atoms with E-state index in [2.05, 4.69) is 0 Å². The Labute approximate surface area is 124 Å². The molecule has 1 fully saturated rings. The molecule has 2 rings (SSSR count). The first-order chi connectivity index (χ1) is 9.40. The number of carbonyl (C=O) groups excluding carboxylic acids is 1. The highest BCUT2D eigenvalue weighted by Crippen LogP contribution is 2.34. The van der Waals surface area contributed by atoms with Gasteiger partial charge in [0.05, 0.1) is 4.91 Å². The molecule has 20 heavy (non-hydrogen) atoms. The summed E-state index contributed by atoms with van der Waals surface area (Å²) in [5.74, 6) is -1.38. The number of hydrogen-bond donors (Lipinski definition) is 2. The Morgan fingerprint density at radius 2 is 2.00 bits per heavy atom. The third-order valence-electron chi connectivity index (χ3n) is 2.76. The van der Waals surface area contributed by atoms with Crippen LogP contribution in [0.15, 0.2) is 29.2 Å². The number of phenols is 1. The average molecular weight is 309 g/mol. The van der Waals surface area contributed by atoms with E-state index in [1.165, 1.54) is 19.1 Å². The number of rotatable bonds is 3. The summed E-state index contributed by atoms with van der Waals surface area (Å²) in [7, 11) is 0. The van der Waals surface area contributed by atoms with Crippen LogP contribution in [-0.4, -0.2) is 37.4 Å². The van der Waals surface area contributed by atoms with E-state index in [1.807, 2.05) is 0 Å². The number of aliphatic carboxylic acids is 1. The van der Waals surface area contributed by atoms with E-state index < -0.39 is 17.9 Å². The number of nitrogens with zero attached hydrogens (tertiary/aromatic N) is 1. The molecule has 5 nitrogen and oxygen atoms in total. The van der Waals surface area contributed by atoms with Gasteiger partial charge in [-0.2, -0.15) is 0 Å². The van der Waals surface area contributed by atoms with Crippen molar-refractivity contribution in [2.45, 2.75) is 13.0 Å². The molecule has 2 N–H and O–H groups in total. The van der Waals surface area contributed by atoms with Gasteiger partial charge in [0.15, 0.2) is 0 Å². The molecule has 1 saturated heterocycles. The molecule has 1 heterocycles. The number of aromatic hydroxyl groups is 1. The molecule has 104 valence electrons. The van der Waals surface area contributed by atoms with E-state index in [1.54, 1.807) is 18.2 Å². The summed E-state index contributed by atoms with van der Waals surface area (Å²) < 4.78 is 0.231. The molecule has 1 aromatic carbocycles. The molecular formula is C13H11NO4S2. The van der Waals surface area contributed by atoms with Crippen molar-refractivity contribution in [2.24, 2.45) is 0 Å². The summed E-state index contributed by atoms with van der Waals surface area (Å²) in [4.78, 5) is 24.6. The van der Waals surface area contributed by atoms with E-state index in [0.717, 1.165) is 22.2 Å². The third-order valence-corrected chi connectivity index (χ3v) is 4.09. The highest BCUT2D eigenvalue weighted by atomic mass is 32.2. The van der Waals surface area contributed by atoms with Crippen LogP contribution in [0.2, 0.25) is 0 Å². The lowest BCUT2D eigenvalue weighted by Crippen LogP contribution is -2.41. The van der Waals surface area contributed by atoms with Gasteiger partial charge < -0.3 is 10.2 Å². The lowest BCUT2D eigenvalue weighted by atomic mass is 10.2. The molecule has 1 aromatic rings. The van der Waals surface area contributed by atoms with Crippen LogP contribution < -0.4 is 0 Å². The van der Waals surface area contributed by atoms with Gasteiger partial charge in [0.25, 0.3) is 5.91 Å². The first kappa shape index (κ1) is 14.5. The predicted molar refractivity (Wildman–Crippen MR) is 80.2 cm³/mol. The molecule has 1 aliphatic rings. The summed E-state index contributed by atoms with van der Waals surface area (Å²) in [5.41, 5.74) is 0.728. The van der Waals surface area contributed by atoms with Gasteiger partial charge in [-0.05, 0) is 30.7 Å². The van der Waals surface area contributed by atoms with Crippen LogP contribution in [0.1, 0.15) is 12.5 Å². The maximum Gasteiger partial charge on any atom is 0.326 e. The fourth-order valence-corrected chi connectivity index (χ4v) is 3.06. The van der Waals surface area contributed by atoms with E-state index >= 15 is 0 Å². The highest BCUT2D eigenvalue weighted by molar-refractivity contribution is 8.26. The number of thioether (sulfide) groups is 1. The van der Waals surface area contributed by atoms with Crippen molar-refractivity contribution in [3.05, 3.63) is 34.7 Å². The summed E-state index contributed by atoms with van der Waals surface area (Å²) in [6.07, 6.45) is 1.62. The van der Waals surface area contributed by atoms with Crippen molar-refractivity contribution in [1.29, 1.82) is 0 Å². The number of carboxylic acids is 1. The minimum atomic E-state index is -1.10. The minimum Gasteiger partial charge on any atom is -0.508 e. The molecule has 0 spiro atoms. The molecule has 0 unspecified atom stereocenters. The standard InChI is InChI=1S/C13H11NO4S2/c1-7(12(17)18)14-11(16)10(20-13(14)19)6-8-2-4-9(15)5-3-8/h2-7,15H,1H3,(H,17,18)/b10-6+/t7-/m0/s1. The Morgan fingerprint density at radius 1 is 1.40 bits per heavy atom. The van der Waals surface area contributed by atoms with Crippen molar-refractivity contribution in [3.63, 3.8) is 0 Å². The predicted octanol–water partition coefficient (Wildman–Crippen LogP) is 2.07. The third kappa shape index (κ3) is 2.83. The fraction of sp³-hybridized carbons (Fsp3) is 0.154. The Balaban J connectivity index is 2.28. The van der Waals surface area contributed by atoms with Gasteiger partial charge in [0.1, 0.15) is 16.1 Å². The van der Waals surface area contributed by atoms with E-state index in [0.29, 0.717) is 4.91 Å². The van der Waals surface area contributed by atoms with Crippen LogP contribution in [-0.2, 0) is 9.59 Å². The van der Waals surface area contributed by atoms with Crippen molar-refractivity contribution in [3.8, 4) is 5.75 Å². The Morgan fingerprint density at radius 3 is 2.55 bits per heavy atom.